The number of rotatable bonds is 3. The fraction of sp³-hybridized carbons (Fsp3) is 0.188. The number of nitrogens with zero attached hydrogens (tertiary/aromatic N) is 3. The average Bonchev–Trinajstić information content (AvgIpc) is 2.51. The van der Waals surface area contributed by atoms with Crippen LogP contribution in [0.3, 0.4) is 0 Å². The minimum absolute atomic E-state index is 0.00735. The maximum atomic E-state index is 12.9. The average molecular weight is 298 g/mol. The first-order chi connectivity index (χ1) is 10.6. The van der Waals surface area contributed by atoms with Crippen molar-refractivity contribution in [1.29, 1.82) is 0 Å². The van der Waals surface area contributed by atoms with E-state index in [0.717, 1.165) is 17.1 Å². The Bertz CT molecular complexity index is 887. The summed E-state index contributed by atoms with van der Waals surface area (Å²) in [6.45, 7) is 4.30. The van der Waals surface area contributed by atoms with E-state index < -0.39 is 5.82 Å². The van der Waals surface area contributed by atoms with Crippen molar-refractivity contribution in [3.05, 3.63) is 58.4 Å². The zero-order chi connectivity index (χ0) is 15.7. The standard InChI is InChI=1S/C16H15FN4O/c1-3-21-13-7-15(20-14-5-4-12(17)9-19-14)18-8-11(13)6-10(2)16(21)22/h4-9H,3H2,1-2H3,(H,18,19,20). The van der Waals surface area contributed by atoms with E-state index in [0.29, 0.717) is 23.7 Å². The molecule has 0 aliphatic carbocycles. The maximum absolute atomic E-state index is 12.9. The van der Waals surface area contributed by atoms with Gasteiger partial charge in [0, 0.05) is 29.8 Å². The molecule has 1 N–H and O–H groups in total. The van der Waals surface area contributed by atoms with Crippen molar-refractivity contribution in [3.8, 4) is 0 Å². The normalized spacial score (nSPS) is 10.9. The fourth-order valence-corrected chi connectivity index (χ4v) is 2.38. The Morgan fingerprint density at radius 2 is 1.95 bits per heavy atom. The smallest absolute Gasteiger partial charge is 0.253 e. The molecule has 6 heteroatoms. The number of pyridine rings is 3. The van der Waals surface area contributed by atoms with Crippen LogP contribution in [0.2, 0.25) is 0 Å². The number of aryl methyl sites for hydroxylation is 2. The second kappa shape index (κ2) is 5.55. The van der Waals surface area contributed by atoms with Crippen LogP contribution in [-0.2, 0) is 6.54 Å². The summed E-state index contributed by atoms with van der Waals surface area (Å²) in [5, 5.41) is 3.90. The Labute approximate surface area is 126 Å². The minimum Gasteiger partial charge on any atom is -0.325 e. The summed E-state index contributed by atoms with van der Waals surface area (Å²) in [6.07, 6.45) is 2.84. The van der Waals surface area contributed by atoms with Gasteiger partial charge in [0.2, 0.25) is 0 Å². The van der Waals surface area contributed by atoms with E-state index in [2.05, 4.69) is 15.3 Å². The molecule has 5 nitrogen and oxygen atoms in total. The zero-order valence-corrected chi connectivity index (χ0v) is 12.3. The summed E-state index contributed by atoms with van der Waals surface area (Å²) in [4.78, 5) is 20.4. The molecule has 0 spiro atoms. The number of hydrogen-bond acceptors (Lipinski definition) is 4. The van der Waals surface area contributed by atoms with Gasteiger partial charge >= 0.3 is 0 Å². The molecule has 0 fully saturated rings. The number of aromatic nitrogens is 3. The van der Waals surface area contributed by atoms with E-state index in [1.807, 2.05) is 13.0 Å². The molecule has 0 saturated heterocycles. The summed E-state index contributed by atoms with van der Waals surface area (Å²) in [7, 11) is 0. The van der Waals surface area contributed by atoms with Crippen LogP contribution < -0.4 is 10.9 Å². The van der Waals surface area contributed by atoms with Gasteiger partial charge in [0.05, 0.1) is 11.7 Å². The Morgan fingerprint density at radius 3 is 2.64 bits per heavy atom. The molecule has 3 heterocycles. The van der Waals surface area contributed by atoms with Gasteiger partial charge in [-0.25, -0.2) is 14.4 Å². The highest BCUT2D eigenvalue weighted by Crippen LogP contribution is 2.19. The molecule has 0 bridgehead atoms. The van der Waals surface area contributed by atoms with Crippen molar-refractivity contribution in [2.45, 2.75) is 20.4 Å². The zero-order valence-electron chi connectivity index (χ0n) is 12.3. The van der Waals surface area contributed by atoms with Crippen LogP contribution in [0.5, 0.6) is 0 Å². The highest BCUT2D eigenvalue weighted by atomic mass is 19.1. The monoisotopic (exact) mass is 298 g/mol. The van der Waals surface area contributed by atoms with Crippen molar-refractivity contribution in [2.75, 3.05) is 5.32 Å². The molecule has 0 saturated carbocycles. The van der Waals surface area contributed by atoms with Gasteiger partial charge in [-0.1, -0.05) is 0 Å². The minimum atomic E-state index is -0.396. The van der Waals surface area contributed by atoms with Gasteiger partial charge in [-0.3, -0.25) is 4.79 Å². The molecule has 112 valence electrons. The topological polar surface area (TPSA) is 59.8 Å². The molecule has 0 aromatic carbocycles. The van der Waals surface area contributed by atoms with Crippen molar-refractivity contribution < 1.29 is 4.39 Å². The lowest BCUT2D eigenvalue weighted by molar-refractivity contribution is 0.622. The summed E-state index contributed by atoms with van der Waals surface area (Å²) < 4.78 is 14.6. The van der Waals surface area contributed by atoms with E-state index in [-0.39, 0.29) is 5.56 Å². The quantitative estimate of drug-likeness (QED) is 0.807. The lowest BCUT2D eigenvalue weighted by Crippen LogP contribution is -2.21. The number of anilines is 2. The summed E-state index contributed by atoms with van der Waals surface area (Å²) >= 11 is 0. The highest BCUT2D eigenvalue weighted by Gasteiger charge is 2.07. The molecule has 3 rings (SSSR count). The molecule has 0 atom stereocenters. The first-order valence-corrected chi connectivity index (χ1v) is 6.97. The van der Waals surface area contributed by atoms with Gasteiger partial charge in [0.25, 0.3) is 5.56 Å². The Balaban J connectivity index is 2.07. The third-order valence-electron chi connectivity index (χ3n) is 3.46. The van der Waals surface area contributed by atoms with Crippen molar-refractivity contribution in [1.82, 2.24) is 14.5 Å². The van der Waals surface area contributed by atoms with Crippen LogP contribution in [0.25, 0.3) is 10.9 Å². The molecule has 0 amide bonds. The molecule has 3 aromatic heterocycles. The predicted molar refractivity (Wildman–Crippen MR) is 83.9 cm³/mol. The third-order valence-corrected chi connectivity index (χ3v) is 3.46. The molecular formula is C16H15FN4O. The molecule has 3 aromatic rings. The van der Waals surface area contributed by atoms with E-state index in [1.165, 1.54) is 12.1 Å². The van der Waals surface area contributed by atoms with Crippen LogP contribution in [-0.4, -0.2) is 14.5 Å². The number of nitrogens with one attached hydrogen (secondary N) is 1. The molecule has 0 radical (unpaired) electrons. The van der Waals surface area contributed by atoms with Gasteiger partial charge in [-0.15, -0.1) is 0 Å². The first-order valence-electron chi connectivity index (χ1n) is 6.97. The Kier molecular flexibility index (Phi) is 3.58. The van der Waals surface area contributed by atoms with Crippen molar-refractivity contribution in [3.63, 3.8) is 0 Å². The number of halogens is 1. The van der Waals surface area contributed by atoms with Gasteiger partial charge < -0.3 is 9.88 Å². The second-order valence-electron chi connectivity index (χ2n) is 4.99. The van der Waals surface area contributed by atoms with Crippen LogP contribution >= 0.6 is 0 Å². The van der Waals surface area contributed by atoms with Gasteiger partial charge in [0.15, 0.2) is 0 Å². The van der Waals surface area contributed by atoms with Crippen LogP contribution in [0, 0.1) is 12.7 Å². The number of hydrogen-bond donors (Lipinski definition) is 1. The van der Waals surface area contributed by atoms with Gasteiger partial charge in [-0.2, -0.15) is 0 Å². The SMILES string of the molecule is CCn1c(=O)c(C)cc2cnc(Nc3ccc(F)cn3)cc21. The van der Waals surface area contributed by atoms with E-state index in [1.54, 1.807) is 23.8 Å². The van der Waals surface area contributed by atoms with E-state index in [4.69, 9.17) is 0 Å². The maximum Gasteiger partial charge on any atom is 0.253 e. The fourth-order valence-electron chi connectivity index (χ4n) is 2.38. The summed E-state index contributed by atoms with van der Waals surface area (Å²) in [6, 6.07) is 6.48. The van der Waals surface area contributed by atoms with Gasteiger partial charge in [-0.05, 0) is 32.0 Å². The van der Waals surface area contributed by atoms with Crippen LogP contribution in [0.15, 0.2) is 41.5 Å². The molecule has 0 aliphatic rings. The van der Waals surface area contributed by atoms with Crippen LogP contribution in [0.1, 0.15) is 12.5 Å². The number of fused-ring (bicyclic) bond motifs is 1. The van der Waals surface area contributed by atoms with E-state index >= 15 is 0 Å². The lowest BCUT2D eigenvalue weighted by atomic mass is 10.2. The highest BCUT2D eigenvalue weighted by molar-refractivity contribution is 5.81. The molecular weight excluding hydrogens is 283 g/mol. The van der Waals surface area contributed by atoms with Gasteiger partial charge in [0.1, 0.15) is 17.5 Å². The first kappa shape index (κ1) is 14.2. The second-order valence-corrected chi connectivity index (χ2v) is 4.99. The lowest BCUT2D eigenvalue weighted by Gasteiger charge is -2.11. The third kappa shape index (κ3) is 2.55. The predicted octanol–water partition coefficient (Wildman–Crippen LogP) is 3.00. The molecule has 0 aliphatic heterocycles. The van der Waals surface area contributed by atoms with E-state index in [9.17, 15) is 9.18 Å². The van der Waals surface area contributed by atoms with Crippen molar-refractivity contribution in [2.24, 2.45) is 0 Å². The van der Waals surface area contributed by atoms with Crippen molar-refractivity contribution >= 4 is 22.5 Å². The summed E-state index contributed by atoms with van der Waals surface area (Å²) in [5.41, 5.74) is 1.49. The molecule has 0 unspecified atom stereocenters. The molecule has 22 heavy (non-hydrogen) atoms. The van der Waals surface area contributed by atoms with Crippen LogP contribution in [0.4, 0.5) is 16.0 Å². The summed E-state index contributed by atoms with van der Waals surface area (Å²) in [5.74, 6) is 0.648. The largest absolute Gasteiger partial charge is 0.325 e. The Morgan fingerprint density at radius 1 is 1.18 bits per heavy atom. The Hall–Kier alpha value is -2.76.